The molecule has 0 aliphatic heterocycles. The molecule has 98 valence electrons. The Morgan fingerprint density at radius 1 is 0.947 bits per heavy atom. The van der Waals surface area contributed by atoms with Crippen molar-refractivity contribution in [3.63, 3.8) is 0 Å². The minimum Gasteiger partial charge on any atom is -0.508 e. The average Bonchev–Trinajstić information content (AvgIpc) is 2.37. The smallest absolute Gasteiger partial charge is 0.123 e. The van der Waals surface area contributed by atoms with Crippen LogP contribution in [-0.4, -0.2) is 11.1 Å². The highest BCUT2D eigenvalue weighted by atomic mass is 19.1. The Kier molecular flexibility index (Phi) is 3.11. The van der Waals surface area contributed by atoms with Crippen LogP contribution in [0.15, 0.2) is 48.5 Å². The maximum Gasteiger partial charge on any atom is 0.123 e. The molecule has 3 rings (SSSR count). The van der Waals surface area contributed by atoms with Crippen LogP contribution in [0.1, 0.15) is 24.3 Å². The van der Waals surface area contributed by atoms with Crippen LogP contribution in [0.5, 0.6) is 5.75 Å². The molecule has 0 unspecified atom stereocenters. The number of phenols is 1. The monoisotopic (exact) mass is 257 g/mol. The van der Waals surface area contributed by atoms with Crippen LogP contribution >= 0.6 is 0 Å². The van der Waals surface area contributed by atoms with Gasteiger partial charge in [0.05, 0.1) is 0 Å². The summed E-state index contributed by atoms with van der Waals surface area (Å²) in [6.45, 7) is 0. The zero-order chi connectivity index (χ0) is 13.2. The molecule has 0 amide bonds. The number of nitrogens with one attached hydrogen (secondary N) is 1. The molecular formula is C16H16FNO. The molecule has 0 aromatic heterocycles. The predicted octanol–water partition coefficient (Wildman–Crippen LogP) is 3.89. The molecule has 2 N–H and O–H groups in total. The van der Waals surface area contributed by atoms with Crippen LogP contribution in [0.25, 0.3) is 0 Å². The first-order valence-corrected chi connectivity index (χ1v) is 6.52. The molecule has 1 fully saturated rings. The normalized spacial score (nSPS) is 21.7. The number of hydrogen-bond donors (Lipinski definition) is 2. The molecule has 2 nitrogen and oxygen atoms in total. The van der Waals surface area contributed by atoms with Gasteiger partial charge in [0, 0.05) is 11.7 Å². The third kappa shape index (κ3) is 2.70. The van der Waals surface area contributed by atoms with Crippen molar-refractivity contribution in [1.82, 2.24) is 0 Å². The quantitative estimate of drug-likeness (QED) is 0.818. The topological polar surface area (TPSA) is 32.3 Å². The number of rotatable bonds is 3. The number of phenolic OH excluding ortho intramolecular Hbond substituents is 1. The van der Waals surface area contributed by atoms with Gasteiger partial charge >= 0.3 is 0 Å². The van der Waals surface area contributed by atoms with Gasteiger partial charge in [0.1, 0.15) is 11.6 Å². The summed E-state index contributed by atoms with van der Waals surface area (Å²) in [6, 6.07) is 14.4. The fraction of sp³-hybridized carbons (Fsp3) is 0.250. The second-order valence-corrected chi connectivity index (χ2v) is 5.11. The second kappa shape index (κ2) is 4.92. The number of anilines is 1. The molecule has 1 aliphatic carbocycles. The highest BCUT2D eigenvalue weighted by molar-refractivity contribution is 5.47. The number of aromatic hydroxyl groups is 1. The Bertz CT molecular complexity index is 544. The highest BCUT2D eigenvalue weighted by Gasteiger charge is 2.30. The van der Waals surface area contributed by atoms with E-state index >= 15 is 0 Å². The largest absolute Gasteiger partial charge is 0.508 e. The van der Waals surface area contributed by atoms with Crippen molar-refractivity contribution in [1.29, 1.82) is 0 Å². The Hall–Kier alpha value is -2.03. The van der Waals surface area contributed by atoms with Gasteiger partial charge in [-0.15, -0.1) is 0 Å². The van der Waals surface area contributed by atoms with Gasteiger partial charge < -0.3 is 10.4 Å². The fourth-order valence-corrected chi connectivity index (χ4v) is 2.54. The van der Waals surface area contributed by atoms with Crippen LogP contribution in [-0.2, 0) is 0 Å². The standard InChI is InChI=1S/C16H16FNO/c17-13-3-1-11(2-4-13)12-9-15(10-12)18-14-5-7-16(19)8-6-14/h1-8,12,15,18-19H,9-10H2. The van der Waals surface area contributed by atoms with E-state index in [0.29, 0.717) is 12.0 Å². The first kappa shape index (κ1) is 12.0. The summed E-state index contributed by atoms with van der Waals surface area (Å²) >= 11 is 0. The first-order chi connectivity index (χ1) is 9.20. The number of hydrogen-bond acceptors (Lipinski definition) is 2. The minimum absolute atomic E-state index is 0.179. The van der Waals surface area contributed by atoms with E-state index in [2.05, 4.69) is 5.32 Å². The molecule has 2 aromatic carbocycles. The first-order valence-electron chi connectivity index (χ1n) is 6.52. The second-order valence-electron chi connectivity index (χ2n) is 5.11. The van der Waals surface area contributed by atoms with Crippen LogP contribution in [0.2, 0.25) is 0 Å². The van der Waals surface area contributed by atoms with E-state index in [1.54, 1.807) is 12.1 Å². The van der Waals surface area contributed by atoms with Crippen molar-refractivity contribution < 1.29 is 9.50 Å². The van der Waals surface area contributed by atoms with E-state index in [1.807, 2.05) is 24.3 Å². The van der Waals surface area contributed by atoms with Gasteiger partial charge in [0.15, 0.2) is 0 Å². The third-order valence-electron chi connectivity index (χ3n) is 3.72. The summed E-state index contributed by atoms with van der Waals surface area (Å²) in [5.74, 6) is 0.625. The molecule has 19 heavy (non-hydrogen) atoms. The number of benzene rings is 2. The summed E-state index contributed by atoms with van der Waals surface area (Å²) in [5, 5.41) is 12.6. The lowest BCUT2D eigenvalue weighted by Crippen LogP contribution is -2.33. The zero-order valence-corrected chi connectivity index (χ0v) is 10.5. The van der Waals surface area contributed by atoms with E-state index in [0.717, 1.165) is 18.5 Å². The molecule has 0 bridgehead atoms. The lowest BCUT2D eigenvalue weighted by molar-refractivity contribution is 0.374. The molecular weight excluding hydrogens is 241 g/mol. The summed E-state index contributed by atoms with van der Waals surface area (Å²) < 4.78 is 12.8. The predicted molar refractivity (Wildman–Crippen MR) is 73.9 cm³/mol. The summed E-state index contributed by atoms with van der Waals surface area (Å²) in [4.78, 5) is 0. The molecule has 0 spiro atoms. The van der Waals surface area contributed by atoms with Crippen LogP contribution in [0.3, 0.4) is 0 Å². The van der Waals surface area contributed by atoms with E-state index in [4.69, 9.17) is 0 Å². The van der Waals surface area contributed by atoms with Crippen molar-refractivity contribution in [2.75, 3.05) is 5.32 Å². The lowest BCUT2D eigenvalue weighted by Gasteiger charge is -2.37. The van der Waals surface area contributed by atoms with Gasteiger partial charge in [0.25, 0.3) is 0 Å². The molecule has 1 aliphatic rings. The molecule has 2 aromatic rings. The van der Waals surface area contributed by atoms with E-state index in [-0.39, 0.29) is 11.6 Å². The van der Waals surface area contributed by atoms with Gasteiger partial charge in [-0.1, -0.05) is 12.1 Å². The third-order valence-corrected chi connectivity index (χ3v) is 3.72. The van der Waals surface area contributed by atoms with Crippen molar-refractivity contribution in [2.24, 2.45) is 0 Å². The zero-order valence-electron chi connectivity index (χ0n) is 10.5. The molecule has 0 radical (unpaired) electrons. The Morgan fingerprint density at radius 3 is 2.21 bits per heavy atom. The van der Waals surface area contributed by atoms with Gasteiger partial charge in [-0.2, -0.15) is 0 Å². The lowest BCUT2D eigenvalue weighted by atomic mass is 9.76. The maximum atomic E-state index is 12.8. The Balaban J connectivity index is 1.55. The fourth-order valence-electron chi connectivity index (χ4n) is 2.54. The molecule has 1 saturated carbocycles. The van der Waals surface area contributed by atoms with E-state index < -0.39 is 0 Å². The highest BCUT2D eigenvalue weighted by Crippen LogP contribution is 2.38. The van der Waals surface area contributed by atoms with Crippen molar-refractivity contribution in [3.05, 3.63) is 59.9 Å². The molecule has 0 atom stereocenters. The average molecular weight is 257 g/mol. The maximum absolute atomic E-state index is 12.8. The molecule has 0 heterocycles. The minimum atomic E-state index is -0.179. The molecule has 3 heteroatoms. The van der Waals surface area contributed by atoms with Crippen LogP contribution < -0.4 is 5.32 Å². The van der Waals surface area contributed by atoms with Gasteiger partial charge in [0.2, 0.25) is 0 Å². The van der Waals surface area contributed by atoms with Gasteiger partial charge in [-0.25, -0.2) is 4.39 Å². The van der Waals surface area contributed by atoms with Gasteiger partial charge in [-0.3, -0.25) is 0 Å². The van der Waals surface area contributed by atoms with Crippen molar-refractivity contribution in [3.8, 4) is 5.75 Å². The summed E-state index contributed by atoms with van der Waals surface area (Å²) in [5.41, 5.74) is 2.24. The van der Waals surface area contributed by atoms with Crippen LogP contribution in [0.4, 0.5) is 10.1 Å². The number of halogens is 1. The van der Waals surface area contributed by atoms with Crippen molar-refractivity contribution in [2.45, 2.75) is 24.8 Å². The Labute approximate surface area is 111 Å². The van der Waals surface area contributed by atoms with E-state index in [9.17, 15) is 9.50 Å². The summed E-state index contributed by atoms with van der Waals surface area (Å²) in [7, 11) is 0. The van der Waals surface area contributed by atoms with Crippen molar-refractivity contribution >= 4 is 5.69 Å². The SMILES string of the molecule is Oc1ccc(NC2CC(c3ccc(F)cc3)C2)cc1. The van der Waals surface area contributed by atoms with E-state index in [1.165, 1.54) is 17.7 Å². The summed E-state index contributed by atoms with van der Waals surface area (Å²) in [6.07, 6.45) is 2.12. The van der Waals surface area contributed by atoms with Crippen LogP contribution in [0, 0.1) is 5.82 Å². The van der Waals surface area contributed by atoms with Gasteiger partial charge in [-0.05, 0) is 60.7 Å². The molecule has 0 saturated heterocycles. The Morgan fingerprint density at radius 2 is 1.58 bits per heavy atom.